The van der Waals surface area contributed by atoms with E-state index in [-0.39, 0.29) is 63.3 Å². The molecule has 4 aliphatic heterocycles. The van der Waals surface area contributed by atoms with Crippen LogP contribution in [0.4, 0.5) is 45.1 Å². The minimum absolute atomic E-state index is 0.0423. The molecule has 0 bridgehead atoms. The predicted molar refractivity (Wildman–Crippen MR) is 234 cm³/mol. The summed E-state index contributed by atoms with van der Waals surface area (Å²) in [6.45, 7) is 2.64. The van der Waals surface area contributed by atoms with E-state index < -0.39 is 53.6 Å². The van der Waals surface area contributed by atoms with E-state index in [2.05, 4.69) is 35.8 Å². The van der Waals surface area contributed by atoms with Gasteiger partial charge in [0.25, 0.3) is 5.56 Å². The molecule has 1 aliphatic carbocycles. The highest BCUT2D eigenvalue weighted by Gasteiger charge is 2.51. The van der Waals surface area contributed by atoms with E-state index in [4.69, 9.17) is 21.3 Å². The topological polar surface area (TPSA) is 152 Å². The van der Waals surface area contributed by atoms with Crippen molar-refractivity contribution in [2.75, 3.05) is 54.9 Å². The molecule has 1 saturated carbocycles. The third kappa shape index (κ3) is 8.12. The van der Waals surface area contributed by atoms with Crippen molar-refractivity contribution in [2.24, 2.45) is 25.9 Å². The fourth-order valence-corrected chi connectivity index (χ4v) is 10.5. The summed E-state index contributed by atoms with van der Waals surface area (Å²) < 4.78 is 83.2. The minimum atomic E-state index is -4.64. The third-order valence-corrected chi connectivity index (χ3v) is 14.2. The summed E-state index contributed by atoms with van der Waals surface area (Å²) in [5.41, 5.74) is 0.594. The van der Waals surface area contributed by atoms with Gasteiger partial charge in [-0.1, -0.05) is 23.7 Å². The average molecular weight is 923 g/mol. The number of aryl methyl sites for hydroxylation is 2. The number of hydrogen-bond acceptors (Lipinski definition) is 11. The summed E-state index contributed by atoms with van der Waals surface area (Å²) >= 11 is 6.61. The number of alkyl halides is 5. The van der Waals surface area contributed by atoms with Crippen molar-refractivity contribution >= 4 is 68.4 Å². The number of benzene rings is 2. The number of carbonyl (C=O) groups excluding carboxylic acids is 2. The van der Waals surface area contributed by atoms with Gasteiger partial charge >= 0.3 is 12.1 Å². The Morgan fingerprint density at radius 3 is 2.42 bits per heavy atom. The number of imide groups is 1. The zero-order chi connectivity index (χ0) is 45.5. The number of nitrogens with one attached hydrogen (secondary N) is 3. The number of rotatable bonds is 8. The van der Waals surface area contributed by atoms with Crippen LogP contribution in [0.3, 0.4) is 0 Å². The number of piperidine rings is 3. The first kappa shape index (κ1) is 43.3. The molecule has 20 heteroatoms. The number of fused-ring (bicyclic) bond motifs is 4. The van der Waals surface area contributed by atoms with Crippen molar-refractivity contribution < 1.29 is 36.3 Å². The van der Waals surface area contributed by atoms with Crippen LogP contribution >= 0.6 is 11.6 Å². The Kier molecular flexibility index (Phi) is 10.9. The lowest BCUT2D eigenvalue weighted by atomic mass is 9.84. The summed E-state index contributed by atoms with van der Waals surface area (Å²) in [5, 5.41) is 14.1. The molecule has 2 amide bonds. The molecule has 7 heterocycles. The van der Waals surface area contributed by atoms with Crippen LogP contribution in [0.5, 0.6) is 5.75 Å². The van der Waals surface area contributed by atoms with Gasteiger partial charge in [-0.25, -0.2) is 13.8 Å². The second kappa shape index (κ2) is 16.4. The lowest BCUT2D eigenvalue weighted by Gasteiger charge is -2.38. The van der Waals surface area contributed by atoms with Gasteiger partial charge in [0, 0.05) is 56.6 Å². The first-order valence-electron chi connectivity index (χ1n) is 22.1. The number of likely N-dealkylation sites (tertiary alicyclic amines) is 1. The van der Waals surface area contributed by atoms with Crippen molar-refractivity contribution in [3.05, 3.63) is 68.7 Å². The molecule has 0 spiro atoms. The van der Waals surface area contributed by atoms with Crippen LogP contribution in [0.2, 0.25) is 5.02 Å². The lowest BCUT2D eigenvalue weighted by molar-refractivity contribution is -0.137. The maximum absolute atomic E-state index is 15.2. The summed E-state index contributed by atoms with van der Waals surface area (Å²) in [6, 6.07) is 7.32. The molecular weight excluding hydrogens is 875 g/mol. The Morgan fingerprint density at radius 1 is 0.954 bits per heavy atom. The molecule has 5 aliphatic rings. The number of amides is 2. The number of anilines is 4. The number of hydrogen-bond donors (Lipinski definition) is 3. The highest BCUT2D eigenvalue weighted by molar-refractivity contribution is 6.33. The average Bonchev–Trinajstić information content (AvgIpc) is 4.08. The zero-order valence-corrected chi connectivity index (χ0v) is 36.5. The number of pyridine rings is 1. The molecule has 4 fully saturated rings. The second-order valence-corrected chi connectivity index (χ2v) is 18.6. The van der Waals surface area contributed by atoms with E-state index >= 15 is 8.78 Å². The number of carbonyl (C=O) groups is 2. The highest BCUT2D eigenvalue weighted by atomic mass is 35.5. The molecule has 65 heavy (non-hydrogen) atoms. The van der Waals surface area contributed by atoms with Crippen molar-refractivity contribution in [3.8, 4) is 5.75 Å². The van der Waals surface area contributed by atoms with Gasteiger partial charge in [-0.2, -0.15) is 23.3 Å². The highest BCUT2D eigenvalue weighted by Crippen LogP contribution is 2.47. The van der Waals surface area contributed by atoms with E-state index in [1.807, 2.05) is 0 Å². The van der Waals surface area contributed by atoms with Crippen molar-refractivity contribution in [1.82, 2.24) is 34.5 Å². The first-order valence-corrected chi connectivity index (χ1v) is 22.5. The van der Waals surface area contributed by atoms with Crippen LogP contribution in [0.1, 0.15) is 80.0 Å². The number of halogens is 6. The molecular formula is C45H48ClF5N10O4. The molecule has 2 unspecified atom stereocenters. The normalized spacial score (nSPS) is 22.4. The van der Waals surface area contributed by atoms with E-state index in [1.165, 1.54) is 22.5 Å². The molecule has 2 atom stereocenters. The van der Waals surface area contributed by atoms with E-state index in [0.717, 1.165) is 19.4 Å². The smallest absolute Gasteiger partial charge is 0.418 e. The van der Waals surface area contributed by atoms with Crippen molar-refractivity contribution in [3.63, 3.8) is 0 Å². The monoisotopic (exact) mass is 922 g/mol. The summed E-state index contributed by atoms with van der Waals surface area (Å²) in [5.74, 6) is -4.35. The molecule has 0 radical (unpaired) electrons. The van der Waals surface area contributed by atoms with Crippen LogP contribution in [0.15, 0.2) is 41.3 Å². The van der Waals surface area contributed by atoms with Gasteiger partial charge in [-0.05, 0) is 99.6 Å². The lowest BCUT2D eigenvalue weighted by Crippen LogP contribution is -2.44. The molecule has 2 aromatic carbocycles. The molecule has 10 rings (SSSR count). The molecule has 3 saturated heterocycles. The van der Waals surface area contributed by atoms with Crippen LogP contribution in [0, 0.1) is 11.8 Å². The van der Waals surface area contributed by atoms with Gasteiger partial charge < -0.3 is 29.7 Å². The zero-order valence-electron chi connectivity index (χ0n) is 35.8. The predicted octanol–water partition coefficient (Wildman–Crippen LogP) is 7.47. The Labute approximate surface area is 374 Å². The molecule has 344 valence electrons. The van der Waals surface area contributed by atoms with E-state index in [9.17, 15) is 27.6 Å². The standard InChI is InChI=1S/C45H48ClF5N10O4/c1-58-32-9-5-26(19-30(32)36-38(42(58)64)65-22-44(47,48)39(55-36)25-3-4-25)53-40-31(46)20-52-43(56-40)61-17-11-23(12-18-61)21-60-15-13-24(14-16-60)27-6-7-28-35(29-8-10-33(62)54-41(29)63)57-59(2)37(28)34(27)45(49,50)51/h5-7,9,19-20,23-25,29,39,55H,3-4,8,10-18,21-22H2,1-2H3,(H,52,53,56)(H,54,62,63). The van der Waals surface area contributed by atoms with Gasteiger partial charge in [0.1, 0.15) is 5.02 Å². The third-order valence-electron chi connectivity index (χ3n) is 14.0. The summed E-state index contributed by atoms with van der Waals surface area (Å²) in [4.78, 5) is 51.4. The number of ether oxygens (including phenoxy) is 1. The molecule has 14 nitrogen and oxygen atoms in total. The second-order valence-electron chi connectivity index (χ2n) is 18.2. The van der Waals surface area contributed by atoms with Gasteiger partial charge in [-0.15, -0.1) is 0 Å². The summed E-state index contributed by atoms with van der Waals surface area (Å²) in [6.07, 6.45) is 1.40. The quantitative estimate of drug-likeness (QED) is 0.105. The van der Waals surface area contributed by atoms with Crippen LogP contribution in [0.25, 0.3) is 21.8 Å². The number of nitrogens with zero attached hydrogens (tertiary/aromatic N) is 7. The van der Waals surface area contributed by atoms with E-state index in [0.29, 0.717) is 86.1 Å². The Morgan fingerprint density at radius 2 is 1.71 bits per heavy atom. The maximum Gasteiger partial charge on any atom is 0.418 e. The van der Waals surface area contributed by atoms with Crippen LogP contribution in [-0.4, -0.2) is 92.3 Å². The van der Waals surface area contributed by atoms with Crippen molar-refractivity contribution in [2.45, 2.75) is 81.3 Å². The van der Waals surface area contributed by atoms with Crippen LogP contribution < -0.4 is 31.1 Å². The van der Waals surface area contributed by atoms with Crippen LogP contribution in [-0.2, 0) is 29.9 Å². The van der Waals surface area contributed by atoms with E-state index in [1.54, 1.807) is 37.4 Å². The molecule has 3 N–H and O–H groups in total. The number of aromatic nitrogens is 5. The maximum atomic E-state index is 15.2. The Hall–Kier alpha value is -5.56. The molecule has 3 aromatic heterocycles. The summed E-state index contributed by atoms with van der Waals surface area (Å²) in [7, 11) is 3.05. The Bertz CT molecular complexity index is 2780. The fraction of sp³-hybridized carbons (Fsp3) is 0.511. The van der Waals surface area contributed by atoms with Gasteiger partial charge in [0.05, 0.1) is 46.1 Å². The SMILES string of the molecule is Cn1nc(C2CCC(=O)NC2=O)c2ccc(C3CCN(CC4CCN(c5ncc(Cl)c(Nc6ccc7c(c6)c6c(c(=O)n7C)OCC(F)(F)C(C7CC7)N6)n5)CC4)CC3)c(C(F)(F)F)c21. The molecule has 5 aromatic rings. The first-order chi connectivity index (χ1) is 31.0. The minimum Gasteiger partial charge on any atom is -0.480 e. The van der Waals surface area contributed by atoms with Gasteiger partial charge in [0.15, 0.2) is 12.4 Å². The van der Waals surface area contributed by atoms with Crippen molar-refractivity contribution in [1.29, 1.82) is 0 Å². The fourth-order valence-electron chi connectivity index (χ4n) is 10.4. The van der Waals surface area contributed by atoms with Gasteiger partial charge in [-0.3, -0.25) is 24.4 Å². The Balaban J connectivity index is 0.787. The van der Waals surface area contributed by atoms with Gasteiger partial charge in [0.2, 0.25) is 23.5 Å². The largest absolute Gasteiger partial charge is 0.480 e.